The zero-order valence-corrected chi connectivity index (χ0v) is 49.6. The number of nitrogens with zero attached hydrogens (tertiary/aromatic N) is 2. The van der Waals surface area contributed by atoms with Crippen molar-refractivity contribution in [2.45, 2.75) is 243 Å². The monoisotopic (exact) mass is 1070 g/mol. The lowest BCUT2D eigenvalue weighted by atomic mass is 10.0. The SMILES string of the molecule is C[N+](C)(C)CCOP(=O)([O-])OCC1COCCCCCCCCCCCCCCCCCCCCOCC(COP(=O)([O-])OCC[N+](C)(C)C)OCCCCCCCCCCCCCCCCCCCCO1. The van der Waals surface area contributed by atoms with Crippen molar-refractivity contribution in [3.8, 4) is 0 Å². The molecule has 72 heavy (non-hydrogen) atoms. The Morgan fingerprint density at radius 3 is 0.778 bits per heavy atom. The molecule has 1 aliphatic rings. The first-order valence-corrected chi connectivity index (χ1v) is 32.7. The summed E-state index contributed by atoms with van der Waals surface area (Å²) in [5, 5.41) is 0. The number of phosphoric ester groups is 2. The van der Waals surface area contributed by atoms with Crippen molar-refractivity contribution in [2.75, 3.05) is 121 Å². The third kappa shape index (κ3) is 52.1. The third-order valence-corrected chi connectivity index (χ3v) is 15.5. The highest BCUT2D eigenvalue weighted by Crippen LogP contribution is 2.39. The van der Waals surface area contributed by atoms with Gasteiger partial charge in [0.1, 0.15) is 38.5 Å². The molecule has 1 heterocycles. The number of rotatable bonds is 14. The molecule has 4 atom stereocenters. The molecule has 432 valence electrons. The van der Waals surface area contributed by atoms with Crippen molar-refractivity contribution in [1.82, 2.24) is 0 Å². The fourth-order valence-corrected chi connectivity index (χ4v) is 10.2. The molecule has 0 N–H and O–H groups in total. The van der Waals surface area contributed by atoms with Gasteiger partial charge in [-0.25, -0.2) is 0 Å². The van der Waals surface area contributed by atoms with Crippen LogP contribution in [-0.4, -0.2) is 143 Å². The van der Waals surface area contributed by atoms with Gasteiger partial charge >= 0.3 is 0 Å². The molecule has 1 saturated heterocycles. The van der Waals surface area contributed by atoms with Crippen molar-refractivity contribution in [2.24, 2.45) is 0 Å². The van der Waals surface area contributed by atoms with E-state index in [9.17, 15) is 18.9 Å². The van der Waals surface area contributed by atoms with E-state index in [1.807, 2.05) is 42.3 Å². The van der Waals surface area contributed by atoms with Gasteiger partial charge in [-0.15, -0.1) is 0 Å². The van der Waals surface area contributed by atoms with Gasteiger partial charge in [-0.2, -0.15) is 0 Å². The van der Waals surface area contributed by atoms with E-state index in [2.05, 4.69) is 0 Å². The van der Waals surface area contributed by atoms with E-state index in [1.54, 1.807) is 0 Å². The van der Waals surface area contributed by atoms with Crippen molar-refractivity contribution in [3.05, 3.63) is 0 Å². The summed E-state index contributed by atoms with van der Waals surface area (Å²) in [6.45, 7) is 4.19. The van der Waals surface area contributed by atoms with Crippen LogP contribution in [0.1, 0.15) is 231 Å². The zero-order chi connectivity index (χ0) is 52.8. The first-order chi connectivity index (χ1) is 34.6. The lowest BCUT2D eigenvalue weighted by Crippen LogP contribution is -2.37. The van der Waals surface area contributed by atoms with Crippen molar-refractivity contribution in [1.29, 1.82) is 0 Å². The van der Waals surface area contributed by atoms with Crippen molar-refractivity contribution >= 4 is 15.6 Å². The van der Waals surface area contributed by atoms with Crippen LogP contribution in [0, 0.1) is 0 Å². The van der Waals surface area contributed by atoms with Crippen LogP contribution in [0.2, 0.25) is 0 Å². The van der Waals surface area contributed by atoms with Crippen molar-refractivity contribution in [3.63, 3.8) is 0 Å². The van der Waals surface area contributed by atoms with Gasteiger partial charge in [0.2, 0.25) is 0 Å². The van der Waals surface area contributed by atoms with Crippen molar-refractivity contribution < 1.29 is 64.9 Å². The van der Waals surface area contributed by atoms with Gasteiger partial charge in [0, 0.05) is 26.4 Å². The molecule has 0 aromatic rings. The molecule has 1 rings (SSSR count). The second kappa shape index (κ2) is 47.0. The molecule has 14 nitrogen and oxygen atoms in total. The Hall–Kier alpha value is -0.0200. The van der Waals surface area contributed by atoms with Crippen LogP contribution in [0.15, 0.2) is 0 Å². The molecule has 0 amide bonds. The molecule has 4 unspecified atom stereocenters. The fraction of sp³-hybridized carbons (Fsp3) is 1.00. The Morgan fingerprint density at radius 2 is 0.556 bits per heavy atom. The molecular weight excluding hydrogens is 955 g/mol. The molecule has 16 heteroatoms. The molecular formula is C56H116N2O12P2. The molecule has 0 radical (unpaired) electrons. The Bertz CT molecular complexity index is 1180. The van der Waals surface area contributed by atoms with E-state index < -0.39 is 27.9 Å². The van der Waals surface area contributed by atoms with Crippen LogP contribution in [-0.2, 0) is 46.2 Å². The lowest BCUT2D eigenvalue weighted by Gasteiger charge is -2.28. The third-order valence-electron chi connectivity index (χ3n) is 13.5. The summed E-state index contributed by atoms with van der Waals surface area (Å²) in [6, 6.07) is 0. The van der Waals surface area contributed by atoms with Gasteiger partial charge in [0.25, 0.3) is 15.6 Å². The normalized spacial score (nSPS) is 24.4. The van der Waals surface area contributed by atoms with Gasteiger partial charge in [-0.05, 0) is 25.7 Å². The Labute approximate surface area is 443 Å². The molecule has 0 aromatic carbocycles. The maximum atomic E-state index is 12.5. The van der Waals surface area contributed by atoms with E-state index >= 15 is 0 Å². The maximum absolute atomic E-state index is 12.5. The molecule has 0 saturated carbocycles. The zero-order valence-electron chi connectivity index (χ0n) is 47.8. The summed E-state index contributed by atoms with van der Waals surface area (Å²) in [7, 11) is 3.12. The highest BCUT2D eigenvalue weighted by atomic mass is 31.2. The van der Waals surface area contributed by atoms with E-state index in [0.717, 1.165) is 51.4 Å². The number of hydrogen-bond donors (Lipinski definition) is 0. The predicted molar refractivity (Wildman–Crippen MR) is 292 cm³/mol. The number of ether oxygens (including phenoxy) is 4. The quantitative estimate of drug-likeness (QED) is 0.120. The first kappa shape index (κ1) is 70.0. The minimum absolute atomic E-state index is 0.0843. The van der Waals surface area contributed by atoms with E-state index in [4.69, 9.17) is 37.0 Å². The summed E-state index contributed by atoms with van der Waals surface area (Å²) in [5.41, 5.74) is 0. The predicted octanol–water partition coefficient (Wildman–Crippen LogP) is 13.3. The summed E-state index contributed by atoms with van der Waals surface area (Å²) in [6.07, 6.45) is 43.8. The van der Waals surface area contributed by atoms with Gasteiger partial charge in [-0.3, -0.25) is 9.13 Å². The second-order valence-electron chi connectivity index (χ2n) is 23.0. The molecule has 0 bridgehead atoms. The summed E-state index contributed by atoms with van der Waals surface area (Å²) >= 11 is 0. The minimum atomic E-state index is -4.42. The summed E-state index contributed by atoms with van der Waals surface area (Å²) < 4.78 is 71.2. The highest BCUT2D eigenvalue weighted by Gasteiger charge is 2.20. The van der Waals surface area contributed by atoms with E-state index in [0.29, 0.717) is 61.7 Å². The molecule has 0 aromatic heterocycles. The van der Waals surface area contributed by atoms with Crippen LogP contribution >= 0.6 is 15.6 Å². The van der Waals surface area contributed by atoms with Crippen LogP contribution in [0.25, 0.3) is 0 Å². The van der Waals surface area contributed by atoms with Crippen LogP contribution in [0.5, 0.6) is 0 Å². The van der Waals surface area contributed by atoms with Gasteiger partial charge in [-0.1, -0.05) is 205 Å². The van der Waals surface area contributed by atoms with E-state index in [-0.39, 0.29) is 26.4 Å². The van der Waals surface area contributed by atoms with Gasteiger partial charge < -0.3 is 55.8 Å². The Balaban J connectivity index is 2.48. The molecule has 0 spiro atoms. The Morgan fingerprint density at radius 1 is 0.347 bits per heavy atom. The Kier molecular flexibility index (Phi) is 45.7. The first-order valence-electron chi connectivity index (χ1n) is 29.8. The second-order valence-corrected chi connectivity index (χ2v) is 25.9. The highest BCUT2D eigenvalue weighted by molar-refractivity contribution is 7.46. The van der Waals surface area contributed by atoms with Gasteiger partial charge in [0.15, 0.2) is 0 Å². The topological polar surface area (TPSA) is 154 Å². The van der Waals surface area contributed by atoms with Crippen LogP contribution in [0.4, 0.5) is 0 Å². The molecule has 1 aliphatic heterocycles. The minimum Gasteiger partial charge on any atom is -0.756 e. The number of likely N-dealkylation sites (N-methyl/N-ethyl adjacent to an activating group) is 2. The summed E-state index contributed by atoms with van der Waals surface area (Å²) in [5.74, 6) is 0. The smallest absolute Gasteiger partial charge is 0.268 e. The van der Waals surface area contributed by atoms with E-state index in [1.165, 1.54) is 180 Å². The van der Waals surface area contributed by atoms with Crippen LogP contribution < -0.4 is 9.79 Å². The standard InChI is InChI=1S/C56H116N2O12P2/c1-57(2,3)43-49-67-71(59,60)69-53-55-51-63-45-39-35-31-27-23-19-15-11-7-8-12-16-20-24-28-32-36-40-46-64-52-56(54-70-72(61,62)68-50-44-58(4,5)6)66-48-42-38-34-30-26-22-18-14-10-9-13-17-21-25-29-33-37-41-47-65-55/h55-56H,7-54H2,1-6H3. The van der Waals surface area contributed by atoms with Gasteiger partial charge in [0.05, 0.1) is 68.7 Å². The summed E-state index contributed by atoms with van der Waals surface area (Å²) in [4.78, 5) is 25.0. The number of phosphoric acid groups is 2. The lowest BCUT2D eigenvalue weighted by molar-refractivity contribution is -0.870. The average molecular weight is 1070 g/mol. The van der Waals surface area contributed by atoms with Crippen LogP contribution in [0.3, 0.4) is 0 Å². The number of hydrogen-bond acceptors (Lipinski definition) is 12. The number of quaternary nitrogens is 2. The fourth-order valence-electron chi connectivity index (χ4n) is 8.76. The average Bonchev–Trinajstić information content (AvgIpc) is 3.31. The molecule has 1 fully saturated rings. The maximum Gasteiger partial charge on any atom is 0.268 e. The largest absolute Gasteiger partial charge is 0.756 e. The molecule has 0 aliphatic carbocycles.